The van der Waals surface area contributed by atoms with Gasteiger partial charge in [-0.05, 0) is 0 Å². The van der Waals surface area contributed by atoms with Gasteiger partial charge in [-0.15, -0.1) is 0 Å². The molecule has 0 unspecified atom stereocenters. The van der Waals surface area contributed by atoms with Gasteiger partial charge in [-0.2, -0.15) is 0 Å². The van der Waals surface area contributed by atoms with Crippen LogP contribution in [0.5, 0.6) is 0 Å². The summed E-state index contributed by atoms with van der Waals surface area (Å²) >= 11 is 0. The standard InChI is InChI=1S/As.5FH.H3N/h;5*1H;1H3/q+3;;;;;;/p-5. The monoisotopic (exact) mass is 187 g/mol. The van der Waals surface area contributed by atoms with Gasteiger partial charge in [-0.25, -0.2) is 0 Å². The predicted molar refractivity (Wildman–Crippen MR) is 10.8 cm³/mol. The minimum atomic E-state index is 0. The minimum Gasteiger partial charge on any atom is -1.00 e. The van der Waals surface area contributed by atoms with Crippen LogP contribution in [0.2, 0.25) is 0 Å². The van der Waals surface area contributed by atoms with Gasteiger partial charge in [-0.3, -0.25) is 0 Å². The summed E-state index contributed by atoms with van der Waals surface area (Å²) in [6, 6.07) is 0. The molecule has 50 valence electrons. The molecule has 0 aliphatic heterocycles. The zero-order chi connectivity index (χ0) is 0. The van der Waals surface area contributed by atoms with Crippen molar-refractivity contribution in [1.29, 1.82) is 0 Å². The fraction of sp³-hybridized carbons (Fsp3) is 0. The van der Waals surface area contributed by atoms with Gasteiger partial charge in [0.2, 0.25) is 0 Å². The second-order valence-corrected chi connectivity index (χ2v) is 0. The van der Waals surface area contributed by atoms with Gasteiger partial charge in [0.25, 0.3) is 0 Å². The topological polar surface area (TPSA) is 35.0 Å². The zero-order valence-corrected chi connectivity index (χ0v) is 4.92. The third-order valence-corrected chi connectivity index (χ3v) is 0. The van der Waals surface area contributed by atoms with Crippen LogP contribution in [0.4, 0.5) is 0 Å². The average Bonchev–Trinajstić information content (AvgIpc) is 0. The quantitative estimate of drug-likeness (QED) is 0.296. The van der Waals surface area contributed by atoms with Crippen LogP contribution in [-0.2, 0) is 0 Å². The fourth-order valence-corrected chi connectivity index (χ4v) is 0. The van der Waals surface area contributed by atoms with Crippen LogP contribution in [0.15, 0.2) is 0 Å². The summed E-state index contributed by atoms with van der Waals surface area (Å²) in [4.78, 5) is 0. The summed E-state index contributed by atoms with van der Waals surface area (Å²) < 4.78 is 0. The molecule has 0 rings (SSSR count). The molecular formula is H3AsF5N-2. The van der Waals surface area contributed by atoms with Crippen LogP contribution in [0.25, 0.3) is 0 Å². The van der Waals surface area contributed by atoms with Crippen LogP contribution in [0, 0.1) is 0 Å². The summed E-state index contributed by atoms with van der Waals surface area (Å²) in [5, 5.41) is 0. The smallest absolute Gasteiger partial charge is 1.00 e. The van der Waals surface area contributed by atoms with Gasteiger partial charge in [0.05, 0.1) is 0 Å². The van der Waals surface area contributed by atoms with Gasteiger partial charge < -0.3 is 29.7 Å². The molecule has 3 N–H and O–H groups in total. The number of rotatable bonds is 0. The van der Waals surface area contributed by atoms with E-state index in [0.717, 1.165) is 0 Å². The van der Waals surface area contributed by atoms with Gasteiger partial charge in [-0.1, -0.05) is 0 Å². The first-order valence-corrected chi connectivity index (χ1v) is 0. The largest absolute Gasteiger partial charge is 3.00 e. The van der Waals surface area contributed by atoms with Crippen molar-refractivity contribution in [3.63, 3.8) is 0 Å². The molecule has 2 radical (unpaired) electrons. The maximum Gasteiger partial charge on any atom is 3.00 e. The SMILES string of the molecule is N.[As+3].[F-].[F-].[F-].[F-].[F-]. The Morgan fingerprint density at radius 2 is 0.429 bits per heavy atom. The molecule has 0 aliphatic carbocycles. The number of halogens is 5. The van der Waals surface area contributed by atoms with E-state index in [1.807, 2.05) is 0 Å². The Morgan fingerprint density at radius 1 is 0.429 bits per heavy atom. The third kappa shape index (κ3) is 3780. The van der Waals surface area contributed by atoms with E-state index in [0.29, 0.717) is 0 Å². The van der Waals surface area contributed by atoms with Gasteiger partial charge in [0.15, 0.2) is 0 Å². The van der Waals surface area contributed by atoms with Crippen molar-refractivity contribution in [2.75, 3.05) is 0 Å². The van der Waals surface area contributed by atoms with Crippen molar-refractivity contribution in [3.05, 3.63) is 0 Å². The molecule has 7 heteroatoms. The van der Waals surface area contributed by atoms with Gasteiger partial charge in [0, 0.05) is 0 Å². The van der Waals surface area contributed by atoms with E-state index in [-0.39, 0.29) is 47.6 Å². The van der Waals surface area contributed by atoms with Crippen LogP contribution in [0.1, 0.15) is 0 Å². The molecule has 0 heterocycles. The Morgan fingerprint density at radius 3 is 0.429 bits per heavy atom. The molecule has 0 bridgehead atoms. The molecule has 1 nitrogen and oxygen atoms in total. The van der Waals surface area contributed by atoms with E-state index >= 15 is 0 Å². The molecule has 0 atom stereocenters. The van der Waals surface area contributed by atoms with Crippen LogP contribution in [-0.4, -0.2) is 18.0 Å². The fourth-order valence-electron chi connectivity index (χ4n) is 0. The molecule has 7 heavy (non-hydrogen) atoms. The van der Waals surface area contributed by atoms with Crippen molar-refractivity contribution in [3.8, 4) is 0 Å². The van der Waals surface area contributed by atoms with Crippen LogP contribution < -0.4 is 29.7 Å². The second-order valence-electron chi connectivity index (χ2n) is 0. The molecular weight excluding hydrogens is 184 g/mol. The predicted octanol–water partition coefficient (Wildman–Crippen LogP) is -15.2. The van der Waals surface area contributed by atoms with E-state index < -0.39 is 0 Å². The van der Waals surface area contributed by atoms with Gasteiger partial charge >= 0.3 is 18.0 Å². The minimum absolute atomic E-state index is 0. The van der Waals surface area contributed by atoms with E-state index in [9.17, 15) is 0 Å². The summed E-state index contributed by atoms with van der Waals surface area (Å²) in [6.45, 7) is 0. The summed E-state index contributed by atoms with van der Waals surface area (Å²) in [6.07, 6.45) is 0. The Kier molecular flexibility index (Phi) is 7980000. The number of hydrogen-bond donors (Lipinski definition) is 1. The first-order chi connectivity index (χ1) is 0. The summed E-state index contributed by atoms with van der Waals surface area (Å²) in [5.41, 5.74) is 0. The second kappa shape index (κ2) is 5810. The molecule has 0 fully saturated rings. The van der Waals surface area contributed by atoms with Crippen LogP contribution >= 0.6 is 0 Å². The van der Waals surface area contributed by atoms with E-state index in [1.54, 1.807) is 0 Å². The molecule has 0 aliphatic rings. The first-order valence-electron chi connectivity index (χ1n) is 0. The van der Waals surface area contributed by atoms with E-state index in [2.05, 4.69) is 0 Å². The maximum atomic E-state index is 0. The zero-order valence-electron chi connectivity index (χ0n) is 3.04. The Hall–Kier alpha value is 0.168. The molecule has 0 saturated heterocycles. The Labute approximate surface area is 48.6 Å². The van der Waals surface area contributed by atoms with Crippen molar-refractivity contribution in [1.82, 2.24) is 6.15 Å². The summed E-state index contributed by atoms with van der Waals surface area (Å²) in [7, 11) is 0. The third-order valence-electron chi connectivity index (χ3n) is 0. The van der Waals surface area contributed by atoms with Crippen molar-refractivity contribution in [2.24, 2.45) is 0 Å². The molecule has 0 aromatic carbocycles. The summed E-state index contributed by atoms with van der Waals surface area (Å²) in [5.74, 6) is 0. The Bertz CT molecular complexity index is 8.04. The van der Waals surface area contributed by atoms with E-state index in [1.165, 1.54) is 0 Å². The van der Waals surface area contributed by atoms with E-state index in [4.69, 9.17) is 0 Å². The maximum absolute atomic E-state index is 0. The Balaban J connectivity index is 0. The van der Waals surface area contributed by atoms with Crippen LogP contribution in [0.3, 0.4) is 0 Å². The molecule has 0 aromatic rings. The van der Waals surface area contributed by atoms with Gasteiger partial charge in [0.1, 0.15) is 0 Å². The van der Waals surface area contributed by atoms with Crippen molar-refractivity contribution >= 4 is 18.0 Å². The molecule has 0 spiro atoms. The molecule has 0 saturated carbocycles. The molecule has 0 amide bonds. The normalized spacial score (nSPS) is 0. The average molecular weight is 187 g/mol. The first kappa shape index (κ1) is 9610. The number of hydrogen-bond acceptors (Lipinski definition) is 1. The molecule has 0 aromatic heterocycles. The van der Waals surface area contributed by atoms with Crippen molar-refractivity contribution in [2.45, 2.75) is 0 Å². The van der Waals surface area contributed by atoms with Crippen molar-refractivity contribution < 1.29 is 23.5 Å².